The van der Waals surface area contributed by atoms with Crippen molar-refractivity contribution in [2.45, 2.75) is 59.0 Å². The Kier molecular flexibility index (Phi) is 5.45. The minimum atomic E-state index is 0.551. The molecular weight excluding hydrogens is 300 g/mol. The van der Waals surface area contributed by atoms with Gasteiger partial charge in [-0.1, -0.05) is 13.3 Å². The van der Waals surface area contributed by atoms with Gasteiger partial charge in [0.1, 0.15) is 11.6 Å². The van der Waals surface area contributed by atoms with Gasteiger partial charge in [-0.2, -0.15) is 0 Å². The summed E-state index contributed by atoms with van der Waals surface area (Å²) < 4.78 is 0. The van der Waals surface area contributed by atoms with Gasteiger partial charge in [-0.3, -0.25) is 0 Å². The van der Waals surface area contributed by atoms with E-state index in [-0.39, 0.29) is 0 Å². The third-order valence-electron chi connectivity index (χ3n) is 4.70. The van der Waals surface area contributed by atoms with Crippen molar-refractivity contribution < 1.29 is 0 Å². The average molecular weight is 328 g/mol. The van der Waals surface area contributed by atoms with Crippen molar-refractivity contribution >= 4 is 5.82 Å². The van der Waals surface area contributed by atoms with Crippen LogP contribution in [0.4, 0.5) is 5.82 Å². The van der Waals surface area contributed by atoms with Crippen molar-refractivity contribution in [1.82, 2.24) is 25.3 Å². The van der Waals surface area contributed by atoms with Gasteiger partial charge in [0, 0.05) is 43.1 Å². The summed E-state index contributed by atoms with van der Waals surface area (Å²) in [6, 6.07) is 2.72. The Balaban J connectivity index is 1.54. The van der Waals surface area contributed by atoms with E-state index in [1.165, 1.54) is 0 Å². The zero-order valence-electron chi connectivity index (χ0n) is 15.0. The number of hydrogen-bond donors (Lipinski definition) is 2. The summed E-state index contributed by atoms with van der Waals surface area (Å²) in [5, 5.41) is 3.64. The number of rotatable bonds is 6. The van der Waals surface area contributed by atoms with Gasteiger partial charge in [0.15, 0.2) is 0 Å². The van der Waals surface area contributed by atoms with Crippen LogP contribution in [0.1, 0.15) is 49.1 Å². The summed E-state index contributed by atoms with van der Waals surface area (Å²) in [7, 11) is 0. The van der Waals surface area contributed by atoms with Crippen LogP contribution in [0.3, 0.4) is 0 Å². The number of anilines is 1. The first-order valence-corrected chi connectivity index (χ1v) is 8.97. The zero-order valence-corrected chi connectivity index (χ0v) is 15.0. The van der Waals surface area contributed by atoms with Crippen LogP contribution >= 0.6 is 0 Å². The molecule has 0 radical (unpaired) electrons. The monoisotopic (exact) mass is 328 g/mol. The van der Waals surface area contributed by atoms with E-state index in [1.54, 1.807) is 6.33 Å². The SMILES string of the molecule is CCCc1cc(N2CCC(NCc3nc[nH]c3C)CC2)nc(C)n1. The van der Waals surface area contributed by atoms with Crippen molar-refractivity contribution in [3.8, 4) is 0 Å². The third kappa shape index (κ3) is 4.12. The smallest absolute Gasteiger partial charge is 0.132 e. The van der Waals surface area contributed by atoms with E-state index in [1.807, 2.05) is 6.92 Å². The lowest BCUT2D eigenvalue weighted by atomic mass is 10.0. The normalized spacial score (nSPS) is 15.9. The van der Waals surface area contributed by atoms with Gasteiger partial charge >= 0.3 is 0 Å². The fourth-order valence-electron chi connectivity index (χ4n) is 3.28. The molecule has 1 aliphatic rings. The predicted molar refractivity (Wildman–Crippen MR) is 96.2 cm³/mol. The van der Waals surface area contributed by atoms with Gasteiger partial charge in [0.05, 0.1) is 12.0 Å². The topological polar surface area (TPSA) is 69.7 Å². The summed E-state index contributed by atoms with van der Waals surface area (Å²) in [5.41, 5.74) is 3.43. The molecule has 1 aliphatic heterocycles. The fourth-order valence-corrected chi connectivity index (χ4v) is 3.28. The number of aryl methyl sites for hydroxylation is 3. The molecule has 3 rings (SSSR count). The molecule has 2 aromatic rings. The Hall–Kier alpha value is -1.95. The maximum atomic E-state index is 4.64. The molecule has 0 bridgehead atoms. The third-order valence-corrected chi connectivity index (χ3v) is 4.70. The van der Waals surface area contributed by atoms with Crippen LogP contribution in [-0.4, -0.2) is 39.1 Å². The Labute approximate surface area is 144 Å². The highest BCUT2D eigenvalue weighted by molar-refractivity contribution is 5.40. The molecule has 0 amide bonds. The molecule has 2 N–H and O–H groups in total. The molecule has 1 fully saturated rings. The molecule has 0 saturated carbocycles. The van der Waals surface area contributed by atoms with Gasteiger partial charge in [-0.05, 0) is 33.1 Å². The van der Waals surface area contributed by atoms with E-state index in [0.29, 0.717) is 6.04 Å². The minimum absolute atomic E-state index is 0.551. The quantitative estimate of drug-likeness (QED) is 0.853. The molecule has 6 nitrogen and oxygen atoms in total. The largest absolute Gasteiger partial charge is 0.356 e. The molecule has 3 heterocycles. The summed E-state index contributed by atoms with van der Waals surface area (Å²) >= 11 is 0. The fraction of sp³-hybridized carbons (Fsp3) is 0.611. The number of H-pyrrole nitrogens is 1. The second-order valence-corrected chi connectivity index (χ2v) is 6.63. The first-order chi connectivity index (χ1) is 11.7. The number of hydrogen-bond acceptors (Lipinski definition) is 5. The average Bonchev–Trinajstić information content (AvgIpc) is 2.98. The number of imidazole rings is 1. The number of nitrogens with one attached hydrogen (secondary N) is 2. The molecule has 6 heteroatoms. The second kappa shape index (κ2) is 7.75. The van der Waals surface area contributed by atoms with Crippen molar-refractivity contribution in [2.24, 2.45) is 0 Å². The highest BCUT2D eigenvalue weighted by Crippen LogP contribution is 2.20. The van der Waals surface area contributed by atoms with Crippen LogP contribution < -0.4 is 10.2 Å². The van der Waals surface area contributed by atoms with E-state index in [2.05, 4.69) is 50.1 Å². The molecule has 0 unspecified atom stereocenters. The van der Waals surface area contributed by atoms with Crippen molar-refractivity contribution in [1.29, 1.82) is 0 Å². The molecule has 0 aromatic carbocycles. The molecular formula is C18H28N6. The lowest BCUT2D eigenvalue weighted by Crippen LogP contribution is -2.42. The van der Waals surface area contributed by atoms with Crippen LogP contribution in [0.25, 0.3) is 0 Å². The van der Waals surface area contributed by atoms with Crippen LogP contribution in [-0.2, 0) is 13.0 Å². The van der Waals surface area contributed by atoms with Gasteiger partial charge in [0.25, 0.3) is 0 Å². The molecule has 2 aromatic heterocycles. The first-order valence-electron chi connectivity index (χ1n) is 8.97. The number of aromatic amines is 1. The number of aromatic nitrogens is 4. The maximum absolute atomic E-state index is 4.64. The zero-order chi connectivity index (χ0) is 16.9. The Bertz CT molecular complexity index is 657. The van der Waals surface area contributed by atoms with Gasteiger partial charge in [-0.25, -0.2) is 15.0 Å². The standard InChI is InChI=1S/C18H28N6/c1-4-5-16-10-18(23-14(3)22-16)24-8-6-15(7-9-24)19-11-17-13(2)20-12-21-17/h10,12,15,19H,4-9,11H2,1-3H3,(H,20,21). The van der Waals surface area contributed by atoms with E-state index < -0.39 is 0 Å². The van der Waals surface area contributed by atoms with Crippen molar-refractivity contribution in [2.75, 3.05) is 18.0 Å². The Morgan fingerprint density at radius 2 is 2.04 bits per heavy atom. The lowest BCUT2D eigenvalue weighted by Gasteiger charge is -2.33. The molecule has 24 heavy (non-hydrogen) atoms. The van der Waals surface area contributed by atoms with Crippen molar-refractivity contribution in [3.05, 3.63) is 35.3 Å². The molecule has 1 saturated heterocycles. The predicted octanol–water partition coefficient (Wildman–Crippen LogP) is 2.53. The Morgan fingerprint density at radius 1 is 1.25 bits per heavy atom. The summed E-state index contributed by atoms with van der Waals surface area (Å²) in [5.74, 6) is 1.97. The molecule has 130 valence electrons. The molecule has 0 aliphatic carbocycles. The van der Waals surface area contributed by atoms with Gasteiger partial charge in [-0.15, -0.1) is 0 Å². The first kappa shape index (κ1) is 16.9. The lowest BCUT2D eigenvalue weighted by molar-refractivity contribution is 0.410. The van der Waals surface area contributed by atoms with E-state index in [4.69, 9.17) is 0 Å². The number of nitrogens with zero attached hydrogens (tertiary/aromatic N) is 4. The summed E-state index contributed by atoms with van der Waals surface area (Å²) in [6.07, 6.45) is 6.18. The van der Waals surface area contributed by atoms with Crippen LogP contribution in [0.5, 0.6) is 0 Å². The van der Waals surface area contributed by atoms with Gasteiger partial charge < -0.3 is 15.2 Å². The Morgan fingerprint density at radius 3 is 2.71 bits per heavy atom. The highest BCUT2D eigenvalue weighted by atomic mass is 15.2. The van der Waals surface area contributed by atoms with Crippen molar-refractivity contribution in [3.63, 3.8) is 0 Å². The van der Waals surface area contributed by atoms with Crippen LogP contribution in [0, 0.1) is 13.8 Å². The maximum Gasteiger partial charge on any atom is 0.132 e. The van der Waals surface area contributed by atoms with Crippen LogP contribution in [0.15, 0.2) is 12.4 Å². The van der Waals surface area contributed by atoms with E-state index >= 15 is 0 Å². The highest BCUT2D eigenvalue weighted by Gasteiger charge is 2.20. The molecule has 0 atom stereocenters. The number of piperidine rings is 1. The summed E-state index contributed by atoms with van der Waals surface area (Å²) in [4.78, 5) is 19.1. The second-order valence-electron chi connectivity index (χ2n) is 6.63. The van der Waals surface area contributed by atoms with E-state index in [9.17, 15) is 0 Å². The summed E-state index contributed by atoms with van der Waals surface area (Å²) in [6.45, 7) is 9.17. The van der Waals surface area contributed by atoms with E-state index in [0.717, 1.165) is 74.0 Å². The van der Waals surface area contributed by atoms with Gasteiger partial charge in [0.2, 0.25) is 0 Å². The molecule has 0 spiro atoms. The minimum Gasteiger partial charge on any atom is -0.356 e. The van der Waals surface area contributed by atoms with Crippen LogP contribution in [0.2, 0.25) is 0 Å².